The summed E-state index contributed by atoms with van der Waals surface area (Å²) in [5, 5.41) is 16.9. The van der Waals surface area contributed by atoms with Crippen LogP contribution in [0.5, 0.6) is 0 Å². The van der Waals surface area contributed by atoms with E-state index in [1.165, 1.54) is 25.5 Å². The topological polar surface area (TPSA) is 80.7 Å². The minimum atomic E-state index is -0.548. The number of halogens is 1. The number of rotatable bonds is 2. The molecule has 0 atom stereocenters. The fourth-order valence-electron chi connectivity index (χ4n) is 1.31. The number of nitrogens with zero attached hydrogens (tertiary/aromatic N) is 4. The first-order chi connectivity index (χ1) is 8.20. The smallest absolute Gasteiger partial charge is 0.251 e. The van der Waals surface area contributed by atoms with Gasteiger partial charge in [0, 0.05) is 18.2 Å². The van der Waals surface area contributed by atoms with E-state index in [0.717, 1.165) is 6.07 Å². The number of nitrogens with one attached hydrogen (secondary N) is 1. The lowest BCUT2D eigenvalue weighted by Crippen LogP contribution is -2.18. The highest BCUT2D eigenvalue weighted by Gasteiger charge is 2.10. The molecule has 1 aromatic carbocycles. The van der Waals surface area contributed by atoms with Crippen LogP contribution in [0.25, 0.3) is 11.4 Å². The molecule has 2 aromatic rings. The third-order valence-electron chi connectivity index (χ3n) is 2.05. The summed E-state index contributed by atoms with van der Waals surface area (Å²) < 4.78 is 13.3. The Hall–Kier alpha value is -2.44. The van der Waals surface area contributed by atoms with Gasteiger partial charge in [-0.15, -0.1) is 20.4 Å². The summed E-state index contributed by atoms with van der Waals surface area (Å²) in [7, 11) is 1.47. The zero-order valence-corrected chi connectivity index (χ0v) is 8.88. The van der Waals surface area contributed by atoms with Crippen LogP contribution in [-0.2, 0) is 0 Å². The molecule has 6 nitrogen and oxygen atoms in total. The summed E-state index contributed by atoms with van der Waals surface area (Å²) in [4.78, 5) is 11.4. The lowest BCUT2D eigenvalue weighted by atomic mass is 10.1. The van der Waals surface area contributed by atoms with Crippen molar-refractivity contribution in [3.63, 3.8) is 0 Å². The van der Waals surface area contributed by atoms with Crippen LogP contribution in [0.3, 0.4) is 0 Å². The number of benzene rings is 1. The molecule has 0 saturated heterocycles. The second kappa shape index (κ2) is 4.60. The molecule has 1 aromatic heterocycles. The van der Waals surface area contributed by atoms with E-state index in [-0.39, 0.29) is 17.3 Å². The van der Waals surface area contributed by atoms with Gasteiger partial charge in [0.15, 0.2) is 6.33 Å². The molecular formula is C10H8FN5O. The highest BCUT2D eigenvalue weighted by atomic mass is 19.1. The third kappa shape index (κ3) is 2.39. The van der Waals surface area contributed by atoms with Gasteiger partial charge in [0.05, 0.1) is 0 Å². The van der Waals surface area contributed by atoms with E-state index in [4.69, 9.17) is 0 Å². The Morgan fingerprint density at radius 3 is 2.59 bits per heavy atom. The van der Waals surface area contributed by atoms with Crippen LogP contribution >= 0.6 is 0 Å². The Labute approximate surface area is 95.9 Å². The lowest BCUT2D eigenvalue weighted by molar-refractivity contribution is 0.0962. The molecule has 0 saturated carbocycles. The highest BCUT2D eigenvalue weighted by molar-refractivity contribution is 5.95. The van der Waals surface area contributed by atoms with E-state index in [1.807, 2.05) is 0 Å². The molecule has 2 rings (SSSR count). The minimum absolute atomic E-state index is 0.164. The van der Waals surface area contributed by atoms with E-state index >= 15 is 0 Å². The van der Waals surface area contributed by atoms with Gasteiger partial charge < -0.3 is 5.32 Å². The van der Waals surface area contributed by atoms with Crippen molar-refractivity contribution in [2.75, 3.05) is 7.05 Å². The first-order valence-corrected chi connectivity index (χ1v) is 4.74. The van der Waals surface area contributed by atoms with Crippen LogP contribution in [0.4, 0.5) is 4.39 Å². The molecule has 0 radical (unpaired) electrons. The largest absolute Gasteiger partial charge is 0.355 e. The van der Waals surface area contributed by atoms with Crippen molar-refractivity contribution < 1.29 is 9.18 Å². The van der Waals surface area contributed by atoms with E-state index in [1.54, 1.807) is 0 Å². The van der Waals surface area contributed by atoms with Crippen molar-refractivity contribution >= 4 is 5.91 Å². The summed E-state index contributed by atoms with van der Waals surface area (Å²) in [6, 6.07) is 3.82. The van der Waals surface area contributed by atoms with Crippen LogP contribution in [-0.4, -0.2) is 33.3 Å². The number of carbonyl (C=O) groups excluding carboxylic acids is 1. The fourth-order valence-corrected chi connectivity index (χ4v) is 1.31. The Kier molecular flexibility index (Phi) is 2.99. The molecule has 0 aliphatic carbocycles. The Bertz CT molecular complexity index is 546. The first kappa shape index (κ1) is 11.1. The molecule has 1 amide bonds. The first-order valence-electron chi connectivity index (χ1n) is 4.74. The molecule has 0 bridgehead atoms. The molecule has 17 heavy (non-hydrogen) atoms. The van der Waals surface area contributed by atoms with Crippen molar-refractivity contribution in [2.45, 2.75) is 0 Å². The average molecular weight is 233 g/mol. The van der Waals surface area contributed by atoms with E-state index < -0.39 is 5.82 Å². The monoisotopic (exact) mass is 233 g/mol. The molecule has 1 heterocycles. The average Bonchev–Trinajstić information content (AvgIpc) is 2.38. The molecule has 0 spiro atoms. The van der Waals surface area contributed by atoms with Crippen molar-refractivity contribution in [1.82, 2.24) is 25.7 Å². The lowest BCUT2D eigenvalue weighted by Gasteiger charge is -2.03. The Morgan fingerprint density at radius 2 is 1.94 bits per heavy atom. The second-order valence-electron chi connectivity index (χ2n) is 3.18. The van der Waals surface area contributed by atoms with Crippen LogP contribution < -0.4 is 5.32 Å². The second-order valence-corrected chi connectivity index (χ2v) is 3.18. The number of amides is 1. The summed E-state index contributed by atoms with van der Waals surface area (Å²) >= 11 is 0. The maximum absolute atomic E-state index is 13.3. The van der Waals surface area contributed by atoms with Gasteiger partial charge in [-0.1, -0.05) is 0 Å². The van der Waals surface area contributed by atoms with Crippen molar-refractivity contribution in [2.24, 2.45) is 0 Å². The molecule has 0 aliphatic rings. The normalized spacial score (nSPS) is 10.0. The SMILES string of the molecule is CNC(=O)c1cc(F)cc(-c2nncnn2)c1. The zero-order chi connectivity index (χ0) is 12.3. The summed E-state index contributed by atoms with van der Waals surface area (Å²) in [5.41, 5.74) is 0.541. The van der Waals surface area contributed by atoms with E-state index in [2.05, 4.69) is 25.7 Å². The molecule has 7 heteroatoms. The summed E-state index contributed by atoms with van der Waals surface area (Å²) in [6.45, 7) is 0. The van der Waals surface area contributed by atoms with Gasteiger partial charge in [-0.2, -0.15) is 0 Å². The van der Waals surface area contributed by atoms with Crippen LogP contribution in [0.1, 0.15) is 10.4 Å². The molecule has 1 N–H and O–H groups in total. The molecular weight excluding hydrogens is 225 g/mol. The van der Waals surface area contributed by atoms with Crippen LogP contribution in [0, 0.1) is 5.82 Å². The van der Waals surface area contributed by atoms with Crippen LogP contribution in [0.15, 0.2) is 24.5 Å². The summed E-state index contributed by atoms with van der Waals surface area (Å²) in [5.74, 6) is -0.770. The maximum Gasteiger partial charge on any atom is 0.251 e. The maximum atomic E-state index is 13.3. The van der Waals surface area contributed by atoms with Gasteiger partial charge in [-0.25, -0.2) is 4.39 Å². The zero-order valence-electron chi connectivity index (χ0n) is 8.88. The van der Waals surface area contributed by atoms with Gasteiger partial charge in [0.1, 0.15) is 5.82 Å². The van der Waals surface area contributed by atoms with E-state index in [0.29, 0.717) is 5.56 Å². The van der Waals surface area contributed by atoms with Crippen molar-refractivity contribution in [3.05, 3.63) is 35.9 Å². The van der Waals surface area contributed by atoms with E-state index in [9.17, 15) is 9.18 Å². The molecule has 0 fully saturated rings. The number of hydrogen-bond donors (Lipinski definition) is 1. The molecule has 86 valence electrons. The van der Waals surface area contributed by atoms with Crippen molar-refractivity contribution in [3.8, 4) is 11.4 Å². The molecule has 0 aliphatic heterocycles. The standard InChI is InChI=1S/C10H8FN5O/c1-12-10(17)7-2-6(3-8(11)4-7)9-15-13-5-14-16-9/h2-5H,1H3,(H,12,17). The fraction of sp³-hybridized carbons (Fsp3) is 0.100. The van der Waals surface area contributed by atoms with Gasteiger partial charge in [0.25, 0.3) is 5.91 Å². The quantitative estimate of drug-likeness (QED) is 0.813. The van der Waals surface area contributed by atoms with Gasteiger partial charge >= 0.3 is 0 Å². The Balaban J connectivity index is 2.49. The minimum Gasteiger partial charge on any atom is -0.355 e. The summed E-state index contributed by atoms with van der Waals surface area (Å²) in [6.07, 6.45) is 1.17. The number of carbonyl (C=O) groups is 1. The van der Waals surface area contributed by atoms with Gasteiger partial charge in [-0.05, 0) is 18.2 Å². The predicted molar refractivity (Wildman–Crippen MR) is 56.4 cm³/mol. The third-order valence-corrected chi connectivity index (χ3v) is 2.05. The molecule has 0 unspecified atom stereocenters. The van der Waals surface area contributed by atoms with Gasteiger partial charge in [0.2, 0.25) is 5.82 Å². The predicted octanol–water partition coefficient (Wildman–Crippen LogP) is 0.432. The Morgan fingerprint density at radius 1 is 1.24 bits per heavy atom. The van der Waals surface area contributed by atoms with Crippen LogP contribution in [0.2, 0.25) is 0 Å². The number of aromatic nitrogens is 4. The van der Waals surface area contributed by atoms with Gasteiger partial charge in [-0.3, -0.25) is 4.79 Å². The highest BCUT2D eigenvalue weighted by Crippen LogP contribution is 2.17. The number of hydrogen-bond acceptors (Lipinski definition) is 5. The van der Waals surface area contributed by atoms with Crippen molar-refractivity contribution in [1.29, 1.82) is 0 Å².